The number of hydrogen-bond acceptors (Lipinski definition) is 3. The van der Waals surface area contributed by atoms with E-state index in [0.29, 0.717) is 0 Å². The van der Waals surface area contributed by atoms with Crippen LogP contribution in [0.25, 0.3) is 0 Å². The fourth-order valence-electron chi connectivity index (χ4n) is 1.57. The van der Waals surface area contributed by atoms with Gasteiger partial charge in [0.25, 0.3) is 0 Å². The van der Waals surface area contributed by atoms with Crippen molar-refractivity contribution < 1.29 is 0 Å². The van der Waals surface area contributed by atoms with Crippen molar-refractivity contribution in [1.29, 1.82) is 0 Å². The van der Waals surface area contributed by atoms with Crippen LogP contribution in [-0.4, -0.2) is 6.54 Å². The minimum atomic E-state index is 0.101. The maximum atomic E-state index is 6.05. The Balaban J connectivity index is 1.76. The van der Waals surface area contributed by atoms with Gasteiger partial charge in [-0.15, -0.1) is 11.3 Å². The van der Waals surface area contributed by atoms with Crippen LogP contribution in [0.2, 0.25) is 0 Å². The summed E-state index contributed by atoms with van der Waals surface area (Å²) in [6, 6.07) is 14.6. The van der Waals surface area contributed by atoms with Crippen LogP contribution in [0.3, 0.4) is 0 Å². The molecule has 3 N–H and O–H groups in total. The number of nitrogens with one attached hydrogen (secondary N) is 1. The van der Waals surface area contributed by atoms with E-state index in [9.17, 15) is 0 Å². The molecule has 1 atom stereocenters. The molecule has 2 nitrogen and oxygen atoms in total. The smallest absolute Gasteiger partial charge is 0.0516 e. The molecule has 1 heterocycles. The summed E-state index contributed by atoms with van der Waals surface area (Å²) >= 11 is 1.71. The molecule has 0 radical (unpaired) electrons. The van der Waals surface area contributed by atoms with Crippen molar-refractivity contribution >= 4 is 11.3 Å². The standard InChI is InChI=1S/C13H16N2S/c14-12(13-7-4-8-16-13)10-15-9-11-5-2-1-3-6-11/h1-8,12,15H,9-10,14H2. The fraction of sp³-hybridized carbons (Fsp3) is 0.231. The molecule has 0 bridgehead atoms. The second kappa shape index (κ2) is 5.80. The normalized spacial score (nSPS) is 12.6. The Morgan fingerprint density at radius 1 is 1.12 bits per heavy atom. The van der Waals surface area contributed by atoms with Crippen LogP contribution in [-0.2, 0) is 6.54 Å². The van der Waals surface area contributed by atoms with Crippen LogP contribution in [0.4, 0.5) is 0 Å². The van der Waals surface area contributed by atoms with E-state index in [4.69, 9.17) is 5.73 Å². The monoisotopic (exact) mass is 232 g/mol. The van der Waals surface area contributed by atoms with Crippen LogP contribution in [0.15, 0.2) is 47.8 Å². The third kappa shape index (κ3) is 3.17. The molecule has 0 spiro atoms. The van der Waals surface area contributed by atoms with Crippen molar-refractivity contribution in [3.05, 3.63) is 58.3 Å². The molecule has 1 unspecified atom stereocenters. The number of benzene rings is 1. The number of nitrogens with two attached hydrogens (primary N) is 1. The molecule has 1 aromatic carbocycles. The van der Waals surface area contributed by atoms with E-state index < -0.39 is 0 Å². The van der Waals surface area contributed by atoms with Crippen LogP contribution in [0.5, 0.6) is 0 Å². The van der Waals surface area contributed by atoms with Crippen LogP contribution < -0.4 is 11.1 Å². The van der Waals surface area contributed by atoms with Gasteiger partial charge in [-0.3, -0.25) is 0 Å². The van der Waals surface area contributed by atoms with Crippen molar-refractivity contribution in [2.45, 2.75) is 12.6 Å². The van der Waals surface area contributed by atoms with Gasteiger partial charge in [0.05, 0.1) is 6.04 Å². The van der Waals surface area contributed by atoms with Crippen LogP contribution in [0, 0.1) is 0 Å². The zero-order valence-electron chi connectivity index (χ0n) is 9.10. The lowest BCUT2D eigenvalue weighted by Gasteiger charge is -2.10. The lowest BCUT2D eigenvalue weighted by Crippen LogP contribution is -2.25. The molecule has 0 saturated carbocycles. The van der Waals surface area contributed by atoms with Crippen molar-refractivity contribution in [2.24, 2.45) is 5.73 Å². The highest BCUT2D eigenvalue weighted by Crippen LogP contribution is 2.15. The maximum absolute atomic E-state index is 6.05. The average Bonchev–Trinajstić information content (AvgIpc) is 2.84. The van der Waals surface area contributed by atoms with Gasteiger partial charge in [0.15, 0.2) is 0 Å². The van der Waals surface area contributed by atoms with E-state index >= 15 is 0 Å². The Kier molecular flexibility index (Phi) is 4.10. The summed E-state index contributed by atoms with van der Waals surface area (Å²) in [7, 11) is 0. The third-order valence-corrected chi connectivity index (χ3v) is 3.45. The van der Waals surface area contributed by atoms with E-state index in [1.165, 1.54) is 10.4 Å². The molecule has 0 aliphatic carbocycles. The van der Waals surface area contributed by atoms with Crippen molar-refractivity contribution in [3.63, 3.8) is 0 Å². The molecule has 0 fully saturated rings. The molecule has 2 aromatic rings. The van der Waals surface area contributed by atoms with Gasteiger partial charge in [0.1, 0.15) is 0 Å². The van der Waals surface area contributed by atoms with Gasteiger partial charge in [0, 0.05) is 18.0 Å². The predicted octanol–water partition coefficient (Wildman–Crippen LogP) is 2.54. The summed E-state index contributed by atoms with van der Waals surface area (Å²) in [5.41, 5.74) is 7.34. The van der Waals surface area contributed by atoms with Gasteiger partial charge in [-0.25, -0.2) is 0 Å². The van der Waals surface area contributed by atoms with Gasteiger partial charge >= 0.3 is 0 Å². The largest absolute Gasteiger partial charge is 0.322 e. The molecular formula is C13H16N2S. The topological polar surface area (TPSA) is 38.0 Å². The van der Waals surface area contributed by atoms with E-state index in [2.05, 4.69) is 41.0 Å². The summed E-state index contributed by atoms with van der Waals surface area (Å²) in [6.45, 7) is 1.69. The van der Waals surface area contributed by atoms with E-state index in [1.54, 1.807) is 11.3 Å². The Labute approximate surface area is 100 Å². The summed E-state index contributed by atoms with van der Waals surface area (Å²) < 4.78 is 0. The zero-order valence-corrected chi connectivity index (χ0v) is 9.91. The number of rotatable bonds is 5. The third-order valence-electron chi connectivity index (χ3n) is 2.44. The van der Waals surface area contributed by atoms with Gasteiger partial charge in [-0.1, -0.05) is 36.4 Å². The Hall–Kier alpha value is -1.16. The first-order valence-electron chi connectivity index (χ1n) is 5.40. The molecule has 0 aliphatic rings. The molecular weight excluding hydrogens is 216 g/mol. The molecule has 2 rings (SSSR count). The lowest BCUT2D eigenvalue weighted by atomic mass is 10.2. The lowest BCUT2D eigenvalue weighted by molar-refractivity contribution is 0.604. The highest BCUT2D eigenvalue weighted by atomic mass is 32.1. The summed E-state index contributed by atoms with van der Waals surface area (Å²) in [5, 5.41) is 5.43. The summed E-state index contributed by atoms with van der Waals surface area (Å²) in [6.07, 6.45) is 0. The summed E-state index contributed by atoms with van der Waals surface area (Å²) in [4.78, 5) is 1.24. The van der Waals surface area contributed by atoms with Gasteiger partial charge in [0.2, 0.25) is 0 Å². The first kappa shape index (κ1) is 11.3. The van der Waals surface area contributed by atoms with Gasteiger partial charge in [-0.05, 0) is 17.0 Å². The second-order valence-electron chi connectivity index (χ2n) is 3.74. The molecule has 16 heavy (non-hydrogen) atoms. The number of hydrogen-bond donors (Lipinski definition) is 2. The van der Waals surface area contributed by atoms with Gasteiger partial charge < -0.3 is 11.1 Å². The molecule has 0 amide bonds. The maximum Gasteiger partial charge on any atom is 0.0516 e. The number of thiophene rings is 1. The molecule has 84 valence electrons. The Morgan fingerprint density at radius 2 is 1.94 bits per heavy atom. The van der Waals surface area contributed by atoms with E-state index in [-0.39, 0.29) is 6.04 Å². The highest BCUT2D eigenvalue weighted by molar-refractivity contribution is 7.10. The molecule has 3 heteroatoms. The molecule has 0 aliphatic heterocycles. The van der Waals surface area contributed by atoms with Crippen molar-refractivity contribution in [1.82, 2.24) is 5.32 Å². The van der Waals surface area contributed by atoms with Crippen LogP contribution >= 0.6 is 11.3 Å². The molecule has 1 aromatic heterocycles. The fourth-order valence-corrected chi connectivity index (χ4v) is 2.30. The first-order valence-corrected chi connectivity index (χ1v) is 6.28. The Morgan fingerprint density at radius 3 is 2.62 bits per heavy atom. The van der Waals surface area contributed by atoms with Crippen LogP contribution in [0.1, 0.15) is 16.5 Å². The quantitative estimate of drug-likeness (QED) is 0.831. The minimum absolute atomic E-state index is 0.101. The first-order chi connectivity index (χ1) is 7.86. The average molecular weight is 232 g/mol. The van der Waals surface area contributed by atoms with Crippen molar-refractivity contribution in [2.75, 3.05) is 6.54 Å². The van der Waals surface area contributed by atoms with Crippen molar-refractivity contribution in [3.8, 4) is 0 Å². The Bertz CT molecular complexity index is 397. The summed E-state index contributed by atoms with van der Waals surface area (Å²) in [5.74, 6) is 0. The van der Waals surface area contributed by atoms with Gasteiger partial charge in [-0.2, -0.15) is 0 Å². The molecule has 0 saturated heterocycles. The predicted molar refractivity (Wildman–Crippen MR) is 69.4 cm³/mol. The highest BCUT2D eigenvalue weighted by Gasteiger charge is 2.05. The zero-order chi connectivity index (χ0) is 11.2. The SMILES string of the molecule is NC(CNCc1ccccc1)c1cccs1. The van der Waals surface area contributed by atoms with E-state index in [0.717, 1.165) is 13.1 Å². The van der Waals surface area contributed by atoms with E-state index in [1.807, 2.05) is 12.1 Å². The minimum Gasteiger partial charge on any atom is -0.322 e. The second-order valence-corrected chi connectivity index (χ2v) is 4.72.